The first-order valence-electron chi connectivity index (χ1n) is 10.4. The lowest BCUT2D eigenvalue weighted by Gasteiger charge is -2.37. The van der Waals surface area contributed by atoms with Gasteiger partial charge in [0.05, 0.1) is 29.7 Å². The molecule has 8 heteroatoms. The Morgan fingerprint density at radius 3 is 2.63 bits per heavy atom. The van der Waals surface area contributed by atoms with Crippen molar-refractivity contribution in [2.24, 2.45) is 11.8 Å². The number of pyridine rings is 2. The van der Waals surface area contributed by atoms with Gasteiger partial charge in [0.15, 0.2) is 0 Å². The smallest absolute Gasteiger partial charge is 0.146 e. The molecule has 1 aliphatic heterocycles. The lowest BCUT2D eigenvalue weighted by molar-refractivity contribution is -0.00545. The standard InChI is InChI=1S/C22H25FN6O/c1-30-22-10-16-12-28(13-19-17(23)5-4-8-25-19)11-15(16)9-21(22)29-14-20(26-27-29)18-6-2-3-7-24-18/h2-8,14-16,21-22H,9-13H2,1H3/t15-,16+,21-,22-/m1/s1. The molecule has 5 rings (SSSR count). The monoisotopic (exact) mass is 408 g/mol. The highest BCUT2D eigenvalue weighted by atomic mass is 19.1. The number of methoxy groups -OCH3 is 1. The molecule has 4 atom stereocenters. The maximum absolute atomic E-state index is 14.0. The summed E-state index contributed by atoms with van der Waals surface area (Å²) >= 11 is 0. The Morgan fingerprint density at radius 1 is 1.03 bits per heavy atom. The van der Waals surface area contributed by atoms with Crippen LogP contribution in [0.15, 0.2) is 48.9 Å². The third-order valence-corrected chi connectivity index (χ3v) is 6.45. The number of fused-ring (bicyclic) bond motifs is 1. The molecule has 1 saturated carbocycles. The number of halogens is 1. The third kappa shape index (κ3) is 3.73. The fraction of sp³-hybridized carbons (Fsp3) is 0.455. The number of aromatic nitrogens is 5. The fourth-order valence-corrected chi connectivity index (χ4v) is 4.97. The SMILES string of the molecule is CO[C@@H]1C[C@H]2CN(Cc3ncccc3F)C[C@H]2C[C@H]1n1cc(-c2ccccn2)nn1. The Balaban J connectivity index is 1.31. The van der Waals surface area contributed by atoms with Crippen LogP contribution in [-0.2, 0) is 11.3 Å². The van der Waals surface area contributed by atoms with Gasteiger partial charge in [0, 0.05) is 39.1 Å². The molecule has 2 fully saturated rings. The molecule has 3 aromatic heterocycles. The summed E-state index contributed by atoms with van der Waals surface area (Å²) in [5.74, 6) is 0.831. The lowest BCUT2D eigenvalue weighted by atomic mass is 9.77. The van der Waals surface area contributed by atoms with E-state index >= 15 is 0 Å². The zero-order valence-corrected chi connectivity index (χ0v) is 16.9. The first kappa shape index (κ1) is 19.3. The van der Waals surface area contributed by atoms with Crippen molar-refractivity contribution in [1.82, 2.24) is 29.9 Å². The molecule has 3 aromatic rings. The van der Waals surface area contributed by atoms with Crippen molar-refractivity contribution in [1.29, 1.82) is 0 Å². The quantitative estimate of drug-likeness (QED) is 0.647. The van der Waals surface area contributed by atoms with Crippen molar-refractivity contribution in [2.45, 2.75) is 31.5 Å². The molecule has 0 unspecified atom stereocenters. The molecular formula is C22H25FN6O. The second kappa shape index (κ2) is 8.20. The third-order valence-electron chi connectivity index (χ3n) is 6.45. The van der Waals surface area contributed by atoms with Crippen LogP contribution < -0.4 is 0 Å². The topological polar surface area (TPSA) is 69.0 Å². The Hall–Kier alpha value is -2.71. The largest absolute Gasteiger partial charge is 0.379 e. The van der Waals surface area contributed by atoms with Gasteiger partial charge < -0.3 is 4.74 Å². The average molecular weight is 408 g/mol. The maximum Gasteiger partial charge on any atom is 0.146 e. The number of hydrogen-bond acceptors (Lipinski definition) is 6. The lowest BCUT2D eigenvalue weighted by Crippen LogP contribution is -2.37. The summed E-state index contributed by atoms with van der Waals surface area (Å²) in [6.45, 7) is 2.44. The summed E-state index contributed by atoms with van der Waals surface area (Å²) in [5, 5.41) is 8.73. The molecule has 1 aliphatic carbocycles. The van der Waals surface area contributed by atoms with Crippen LogP contribution in [0.2, 0.25) is 0 Å². The number of hydrogen-bond donors (Lipinski definition) is 0. The first-order valence-corrected chi connectivity index (χ1v) is 10.4. The molecule has 0 aromatic carbocycles. The van der Waals surface area contributed by atoms with Gasteiger partial charge in [-0.1, -0.05) is 11.3 Å². The van der Waals surface area contributed by atoms with Gasteiger partial charge in [-0.25, -0.2) is 9.07 Å². The summed E-state index contributed by atoms with van der Waals surface area (Å²) in [7, 11) is 1.77. The average Bonchev–Trinajstić information content (AvgIpc) is 3.41. The van der Waals surface area contributed by atoms with Crippen molar-refractivity contribution < 1.29 is 9.13 Å². The van der Waals surface area contributed by atoms with Crippen LogP contribution in [0.5, 0.6) is 0 Å². The molecule has 0 spiro atoms. The van der Waals surface area contributed by atoms with E-state index in [1.807, 2.05) is 29.1 Å². The minimum atomic E-state index is -0.232. The van der Waals surface area contributed by atoms with Crippen molar-refractivity contribution in [3.8, 4) is 11.4 Å². The molecule has 30 heavy (non-hydrogen) atoms. The van der Waals surface area contributed by atoms with Gasteiger partial charge in [0.2, 0.25) is 0 Å². The van der Waals surface area contributed by atoms with Crippen LogP contribution in [0, 0.1) is 17.7 Å². The van der Waals surface area contributed by atoms with E-state index in [2.05, 4.69) is 25.2 Å². The molecular weight excluding hydrogens is 383 g/mol. The second-order valence-corrected chi connectivity index (χ2v) is 8.26. The molecule has 0 N–H and O–H groups in total. The molecule has 7 nitrogen and oxygen atoms in total. The van der Waals surface area contributed by atoms with E-state index in [4.69, 9.17) is 4.74 Å². The van der Waals surface area contributed by atoms with Crippen LogP contribution in [0.1, 0.15) is 24.6 Å². The normalized spacial score (nSPS) is 26.6. The van der Waals surface area contributed by atoms with Gasteiger partial charge in [0.1, 0.15) is 11.5 Å². The minimum Gasteiger partial charge on any atom is -0.379 e. The van der Waals surface area contributed by atoms with Gasteiger partial charge in [0.25, 0.3) is 0 Å². The molecule has 4 heterocycles. The first-order chi connectivity index (χ1) is 14.7. The van der Waals surface area contributed by atoms with Crippen molar-refractivity contribution in [2.75, 3.05) is 20.2 Å². The van der Waals surface area contributed by atoms with Crippen LogP contribution in [0.25, 0.3) is 11.4 Å². The summed E-state index contributed by atoms with van der Waals surface area (Å²) in [6, 6.07) is 9.01. The molecule has 1 saturated heterocycles. The van der Waals surface area contributed by atoms with Crippen molar-refractivity contribution >= 4 is 0 Å². The van der Waals surface area contributed by atoms with Gasteiger partial charge in [-0.3, -0.25) is 14.9 Å². The molecule has 0 amide bonds. The number of likely N-dealkylation sites (tertiary alicyclic amines) is 1. The number of ether oxygens (including phenoxy) is 1. The highest BCUT2D eigenvalue weighted by Crippen LogP contribution is 2.42. The maximum atomic E-state index is 14.0. The van der Waals surface area contributed by atoms with Gasteiger partial charge in [-0.15, -0.1) is 5.10 Å². The second-order valence-electron chi connectivity index (χ2n) is 8.26. The Bertz CT molecular complexity index is 996. The van der Waals surface area contributed by atoms with Crippen molar-refractivity contribution in [3.05, 3.63) is 60.4 Å². The Kier molecular flexibility index (Phi) is 5.26. The predicted molar refractivity (Wildman–Crippen MR) is 109 cm³/mol. The van der Waals surface area contributed by atoms with E-state index in [0.717, 1.165) is 37.3 Å². The van der Waals surface area contributed by atoms with E-state index in [-0.39, 0.29) is 18.0 Å². The van der Waals surface area contributed by atoms with E-state index in [1.54, 1.807) is 25.6 Å². The van der Waals surface area contributed by atoms with E-state index in [0.29, 0.717) is 24.1 Å². The van der Waals surface area contributed by atoms with Crippen molar-refractivity contribution in [3.63, 3.8) is 0 Å². The van der Waals surface area contributed by atoms with Gasteiger partial charge in [-0.2, -0.15) is 0 Å². The molecule has 0 radical (unpaired) electrons. The van der Waals surface area contributed by atoms with Crippen LogP contribution in [-0.4, -0.2) is 56.2 Å². The highest BCUT2D eigenvalue weighted by Gasteiger charge is 2.43. The summed E-state index contributed by atoms with van der Waals surface area (Å²) < 4.78 is 21.8. The summed E-state index contributed by atoms with van der Waals surface area (Å²) in [5.41, 5.74) is 2.11. The van der Waals surface area contributed by atoms with E-state index in [9.17, 15) is 4.39 Å². The van der Waals surface area contributed by atoms with E-state index < -0.39 is 0 Å². The predicted octanol–water partition coefficient (Wildman–Crippen LogP) is 2.97. The zero-order chi connectivity index (χ0) is 20.5. The van der Waals surface area contributed by atoms with E-state index in [1.165, 1.54) is 6.07 Å². The summed E-state index contributed by atoms with van der Waals surface area (Å²) in [4.78, 5) is 10.9. The number of nitrogens with zero attached hydrogens (tertiary/aromatic N) is 6. The van der Waals surface area contributed by atoms with Crippen LogP contribution >= 0.6 is 0 Å². The van der Waals surface area contributed by atoms with Gasteiger partial charge in [-0.05, 0) is 48.9 Å². The highest BCUT2D eigenvalue weighted by molar-refractivity contribution is 5.51. The fourth-order valence-electron chi connectivity index (χ4n) is 4.97. The Morgan fingerprint density at radius 2 is 1.87 bits per heavy atom. The minimum absolute atomic E-state index is 0.0797. The van der Waals surface area contributed by atoms with Crippen LogP contribution in [0.4, 0.5) is 4.39 Å². The molecule has 156 valence electrons. The Labute approximate surface area is 174 Å². The number of rotatable bonds is 5. The molecule has 0 bridgehead atoms. The van der Waals surface area contributed by atoms with Gasteiger partial charge >= 0.3 is 0 Å². The van der Waals surface area contributed by atoms with Crippen LogP contribution in [0.3, 0.4) is 0 Å². The zero-order valence-electron chi connectivity index (χ0n) is 16.9. The summed E-state index contributed by atoms with van der Waals surface area (Å²) in [6.07, 6.45) is 7.39. The molecule has 2 aliphatic rings.